The lowest BCUT2D eigenvalue weighted by Gasteiger charge is -2.49. The highest BCUT2D eigenvalue weighted by atomic mass is 16.1. The summed E-state index contributed by atoms with van der Waals surface area (Å²) in [6.45, 7) is 4.22. The summed E-state index contributed by atoms with van der Waals surface area (Å²) in [7, 11) is 4.37. The molecule has 1 amide bonds. The van der Waals surface area contributed by atoms with E-state index in [1.807, 2.05) is 30.5 Å². The lowest BCUT2D eigenvalue weighted by atomic mass is 9.79. The van der Waals surface area contributed by atoms with E-state index in [0.717, 1.165) is 42.6 Å². The number of hydrogen-bond donors (Lipinski definition) is 2. The van der Waals surface area contributed by atoms with E-state index in [1.165, 1.54) is 0 Å². The number of para-hydroxylation sites is 1. The average Bonchev–Trinajstić information content (AvgIpc) is 2.92. The van der Waals surface area contributed by atoms with Gasteiger partial charge in [0.05, 0.1) is 5.56 Å². The fourth-order valence-corrected chi connectivity index (χ4v) is 4.43. The fraction of sp³-hybridized carbons (Fsp3) is 0.500. The number of fused-ring (bicyclic) bond motifs is 3. The molecule has 2 fully saturated rings. The van der Waals surface area contributed by atoms with Gasteiger partial charge in [0.25, 0.3) is 5.91 Å². The Hall–Kier alpha value is -1.85. The number of aromatic amines is 1. The van der Waals surface area contributed by atoms with Gasteiger partial charge in [0.1, 0.15) is 0 Å². The number of rotatable bonds is 2. The summed E-state index contributed by atoms with van der Waals surface area (Å²) in [5.74, 6) is 1.06. The van der Waals surface area contributed by atoms with Crippen LogP contribution in [0.25, 0.3) is 10.9 Å². The number of amides is 1. The second kappa shape index (κ2) is 5.65. The first-order chi connectivity index (χ1) is 11.1. The van der Waals surface area contributed by atoms with E-state index in [9.17, 15) is 4.79 Å². The zero-order valence-electron chi connectivity index (χ0n) is 13.7. The monoisotopic (exact) mass is 312 g/mol. The first-order valence-corrected chi connectivity index (χ1v) is 8.36. The summed E-state index contributed by atoms with van der Waals surface area (Å²) in [4.78, 5) is 20.8. The molecule has 23 heavy (non-hydrogen) atoms. The van der Waals surface area contributed by atoms with E-state index < -0.39 is 0 Å². The Kier molecular flexibility index (Phi) is 3.62. The van der Waals surface area contributed by atoms with E-state index in [1.54, 1.807) is 0 Å². The Labute approximate surface area is 136 Å². The van der Waals surface area contributed by atoms with Crippen molar-refractivity contribution in [2.24, 2.45) is 11.8 Å². The van der Waals surface area contributed by atoms with Gasteiger partial charge >= 0.3 is 0 Å². The van der Waals surface area contributed by atoms with Gasteiger partial charge in [-0.2, -0.15) is 0 Å². The molecule has 3 heterocycles. The third-order valence-corrected chi connectivity index (χ3v) is 5.33. The summed E-state index contributed by atoms with van der Waals surface area (Å²) >= 11 is 0. The van der Waals surface area contributed by atoms with Crippen molar-refractivity contribution in [3.8, 4) is 0 Å². The van der Waals surface area contributed by atoms with Crippen LogP contribution in [0.3, 0.4) is 0 Å². The highest BCUT2D eigenvalue weighted by molar-refractivity contribution is 6.06. The van der Waals surface area contributed by atoms with Gasteiger partial charge in [-0.15, -0.1) is 0 Å². The highest BCUT2D eigenvalue weighted by Gasteiger charge is 2.41. The van der Waals surface area contributed by atoms with Gasteiger partial charge in [-0.3, -0.25) is 4.79 Å². The number of nitrogens with one attached hydrogen (secondary N) is 2. The van der Waals surface area contributed by atoms with Crippen LogP contribution >= 0.6 is 0 Å². The molecule has 1 aromatic heterocycles. The van der Waals surface area contributed by atoms with E-state index >= 15 is 0 Å². The van der Waals surface area contributed by atoms with Crippen molar-refractivity contribution < 1.29 is 4.79 Å². The first-order valence-electron chi connectivity index (χ1n) is 8.36. The van der Waals surface area contributed by atoms with Crippen LogP contribution in [0.4, 0.5) is 0 Å². The van der Waals surface area contributed by atoms with Crippen LogP contribution in [0, 0.1) is 11.8 Å². The summed E-state index contributed by atoms with van der Waals surface area (Å²) in [6.07, 6.45) is 1.83. The topological polar surface area (TPSA) is 51.4 Å². The van der Waals surface area contributed by atoms with Gasteiger partial charge in [-0.05, 0) is 20.2 Å². The molecule has 122 valence electrons. The number of carbonyl (C=O) groups excluding carboxylic acids is 1. The number of aromatic nitrogens is 1. The third-order valence-electron chi connectivity index (χ3n) is 5.33. The molecule has 0 spiro atoms. The Balaban J connectivity index is 1.56. The van der Waals surface area contributed by atoms with Gasteiger partial charge in [-0.1, -0.05) is 18.2 Å². The fourth-order valence-electron chi connectivity index (χ4n) is 4.43. The summed E-state index contributed by atoms with van der Waals surface area (Å²) in [5.41, 5.74) is 1.77. The maximum Gasteiger partial charge on any atom is 0.253 e. The summed E-state index contributed by atoms with van der Waals surface area (Å²) < 4.78 is 0. The second-order valence-corrected chi connectivity index (χ2v) is 7.21. The van der Waals surface area contributed by atoms with Crippen molar-refractivity contribution in [3.63, 3.8) is 0 Å². The molecule has 2 saturated heterocycles. The predicted molar refractivity (Wildman–Crippen MR) is 91.5 cm³/mol. The van der Waals surface area contributed by atoms with Crippen LogP contribution in [0.1, 0.15) is 10.4 Å². The van der Waals surface area contributed by atoms with Crippen LogP contribution in [0.5, 0.6) is 0 Å². The zero-order valence-corrected chi connectivity index (χ0v) is 13.7. The van der Waals surface area contributed by atoms with Crippen LogP contribution < -0.4 is 5.32 Å². The molecule has 2 aliphatic rings. The van der Waals surface area contributed by atoms with Crippen molar-refractivity contribution in [1.82, 2.24) is 20.1 Å². The van der Waals surface area contributed by atoms with E-state index in [-0.39, 0.29) is 11.9 Å². The van der Waals surface area contributed by atoms with Gasteiger partial charge in [0.2, 0.25) is 0 Å². The number of likely N-dealkylation sites (tertiary alicyclic amines) is 2. The lowest BCUT2D eigenvalue weighted by Crippen LogP contribution is -2.63. The van der Waals surface area contributed by atoms with E-state index in [4.69, 9.17) is 0 Å². The van der Waals surface area contributed by atoms with Crippen LogP contribution in [0.15, 0.2) is 30.5 Å². The van der Waals surface area contributed by atoms with Gasteiger partial charge in [-0.25, -0.2) is 0 Å². The summed E-state index contributed by atoms with van der Waals surface area (Å²) in [6, 6.07) is 8.25. The molecule has 5 nitrogen and oxygen atoms in total. The molecule has 2 aliphatic heterocycles. The first kappa shape index (κ1) is 14.7. The zero-order chi connectivity index (χ0) is 16.0. The van der Waals surface area contributed by atoms with Crippen LogP contribution in [-0.4, -0.2) is 67.0 Å². The van der Waals surface area contributed by atoms with Crippen molar-refractivity contribution in [2.45, 2.75) is 6.04 Å². The Morgan fingerprint density at radius 2 is 1.70 bits per heavy atom. The Bertz CT molecular complexity index is 695. The largest absolute Gasteiger partial charge is 0.360 e. The minimum Gasteiger partial charge on any atom is -0.360 e. The molecule has 1 aromatic carbocycles. The Morgan fingerprint density at radius 1 is 1.09 bits per heavy atom. The van der Waals surface area contributed by atoms with E-state index in [2.05, 4.69) is 34.2 Å². The molecule has 2 N–H and O–H groups in total. The average molecular weight is 312 g/mol. The van der Waals surface area contributed by atoms with Crippen molar-refractivity contribution in [3.05, 3.63) is 36.0 Å². The number of piperidine rings is 2. The molecule has 5 heteroatoms. The molecule has 4 rings (SSSR count). The molecule has 0 unspecified atom stereocenters. The molecule has 0 saturated carbocycles. The maximum absolute atomic E-state index is 12.8. The number of nitrogens with zero attached hydrogens (tertiary/aromatic N) is 2. The molecule has 0 aliphatic carbocycles. The summed E-state index contributed by atoms with van der Waals surface area (Å²) in [5, 5.41) is 4.34. The third kappa shape index (κ3) is 2.64. The van der Waals surface area contributed by atoms with E-state index in [0.29, 0.717) is 11.8 Å². The predicted octanol–water partition coefficient (Wildman–Crippen LogP) is 1.39. The lowest BCUT2D eigenvalue weighted by molar-refractivity contribution is 0.0203. The maximum atomic E-state index is 12.8. The van der Waals surface area contributed by atoms with Crippen molar-refractivity contribution in [2.75, 3.05) is 40.3 Å². The number of H-pyrrole nitrogens is 1. The molecule has 0 radical (unpaired) electrons. The van der Waals surface area contributed by atoms with Crippen molar-refractivity contribution >= 4 is 16.8 Å². The number of benzene rings is 1. The molecule has 2 bridgehead atoms. The SMILES string of the molecule is CN1CC2CN(C)CC(C1)C2NC(=O)c1c[nH]c2ccccc12. The van der Waals surface area contributed by atoms with Gasteiger partial charge in [0, 0.05) is 61.2 Å². The van der Waals surface area contributed by atoms with Crippen LogP contribution in [-0.2, 0) is 0 Å². The molecule has 0 atom stereocenters. The smallest absolute Gasteiger partial charge is 0.253 e. The highest BCUT2D eigenvalue weighted by Crippen LogP contribution is 2.28. The second-order valence-electron chi connectivity index (χ2n) is 7.21. The molecular formula is C18H24N4O. The molecular weight excluding hydrogens is 288 g/mol. The van der Waals surface area contributed by atoms with Crippen molar-refractivity contribution in [1.29, 1.82) is 0 Å². The normalized spacial score (nSPS) is 28.9. The number of carbonyl (C=O) groups is 1. The standard InChI is InChI=1S/C18H24N4O/c1-21-8-12-10-22(2)11-13(9-21)17(12)20-18(23)15-7-19-16-6-4-3-5-14(15)16/h3-7,12-13,17,19H,8-11H2,1-2H3,(H,20,23). The Morgan fingerprint density at radius 3 is 2.35 bits per heavy atom. The molecule has 2 aromatic rings. The minimum absolute atomic E-state index is 0.0524. The minimum atomic E-state index is 0.0524. The quantitative estimate of drug-likeness (QED) is 0.881. The van der Waals surface area contributed by atoms with Crippen LogP contribution in [0.2, 0.25) is 0 Å². The number of hydrogen-bond acceptors (Lipinski definition) is 3. The van der Waals surface area contributed by atoms with Gasteiger partial charge < -0.3 is 20.1 Å². The van der Waals surface area contributed by atoms with Gasteiger partial charge in [0.15, 0.2) is 0 Å².